The molecule has 19 heavy (non-hydrogen) atoms. The smallest absolute Gasteiger partial charge is 0.446 e. The topological polar surface area (TPSA) is 59.3 Å². The second-order valence-electron chi connectivity index (χ2n) is 3.17. The number of nitriles is 1. The first-order valence-electron chi connectivity index (χ1n) is 4.79. The van der Waals surface area contributed by atoms with Gasteiger partial charge in [0.25, 0.3) is 0 Å². The summed E-state index contributed by atoms with van der Waals surface area (Å²) in [6.07, 6.45) is 0. The fourth-order valence-corrected chi connectivity index (χ4v) is 2.03. The van der Waals surface area contributed by atoms with Crippen LogP contribution in [0.4, 0.5) is 13.2 Å². The first kappa shape index (κ1) is 15.2. The second kappa shape index (κ2) is 5.84. The van der Waals surface area contributed by atoms with E-state index in [0.29, 0.717) is 0 Å². The molecule has 0 unspecified atom stereocenters. The number of halogens is 3. The Morgan fingerprint density at radius 1 is 1.37 bits per heavy atom. The van der Waals surface area contributed by atoms with Crippen LogP contribution in [0.5, 0.6) is 5.75 Å². The van der Waals surface area contributed by atoms with E-state index in [2.05, 4.69) is 4.74 Å². The van der Waals surface area contributed by atoms with E-state index in [1.807, 2.05) is 0 Å². The maximum absolute atomic E-state index is 12.4. The standard InChI is InChI=1S/C11H8F3NO3S/c1-17-7-3-4-8(19-11(12,13)14)9(6(7)5-15)10(16)18-2/h3-4H,1-2H3. The zero-order valence-corrected chi connectivity index (χ0v) is 10.7. The summed E-state index contributed by atoms with van der Waals surface area (Å²) in [4.78, 5) is 11.2. The zero-order chi connectivity index (χ0) is 14.6. The molecular formula is C11H8F3NO3S. The SMILES string of the molecule is COC(=O)c1c(SC(F)(F)F)ccc(OC)c1C#N. The van der Waals surface area contributed by atoms with Gasteiger partial charge >= 0.3 is 11.5 Å². The van der Waals surface area contributed by atoms with Crippen LogP contribution in [-0.2, 0) is 4.74 Å². The Balaban J connectivity index is 3.48. The van der Waals surface area contributed by atoms with Gasteiger partial charge in [0, 0.05) is 4.90 Å². The van der Waals surface area contributed by atoms with Gasteiger partial charge in [-0.15, -0.1) is 0 Å². The highest BCUT2D eigenvalue weighted by Crippen LogP contribution is 2.41. The number of ether oxygens (including phenoxy) is 2. The van der Waals surface area contributed by atoms with Gasteiger partial charge in [-0.3, -0.25) is 0 Å². The molecular weight excluding hydrogens is 283 g/mol. The predicted molar refractivity (Wildman–Crippen MR) is 61.0 cm³/mol. The Kier molecular flexibility index (Phi) is 4.67. The van der Waals surface area contributed by atoms with E-state index >= 15 is 0 Å². The van der Waals surface area contributed by atoms with Gasteiger partial charge in [-0.1, -0.05) is 0 Å². The summed E-state index contributed by atoms with van der Waals surface area (Å²) in [5, 5.41) is 8.97. The maximum atomic E-state index is 12.4. The van der Waals surface area contributed by atoms with Crippen LogP contribution in [0.3, 0.4) is 0 Å². The number of methoxy groups -OCH3 is 2. The number of carbonyl (C=O) groups excluding carboxylic acids is 1. The van der Waals surface area contributed by atoms with Crippen LogP contribution in [0.1, 0.15) is 15.9 Å². The lowest BCUT2D eigenvalue weighted by Gasteiger charge is -2.13. The quantitative estimate of drug-likeness (QED) is 0.633. The maximum Gasteiger partial charge on any atom is 0.446 e. The van der Waals surface area contributed by atoms with Gasteiger partial charge < -0.3 is 9.47 Å². The minimum absolute atomic E-state index is 0.00873. The lowest BCUT2D eigenvalue weighted by molar-refractivity contribution is -0.0328. The molecule has 0 aliphatic heterocycles. The Morgan fingerprint density at radius 2 is 2.00 bits per heavy atom. The van der Waals surface area contributed by atoms with Gasteiger partial charge in [0.15, 0.2) is 0 Å². The van der Waals surface area contributed by atoms with Crippen LogP contribution >= 0.6 is 11.8 Å². The van der Waals surface area contributed by atoms with Crippen molar-refractivity contribution in [1.29, 1.82) is 5.26 Å². The van der Waals surface area contributed by atoms with Gasteiger partial charge in [-0.25, -0.2) is 4.79 Å². The summed E-state index contributed by atoms with van der Waals surface area (Å²) in [6, 6.07) is 3.90. The van der Waals surface area contributed by atoms with E-state index in [4.69, 9.17) is 10.00 Å². The van der Waals surface area contributed by atoms with E-state index < -0.39 is 33.7 Å². The van der Waals surface area contributed by atoms with Crippen LogP contribution in [0.25, 0.3) is 0 Å². The van der Waals surface area contributed by atoms with Crippen LogP contribution in [-0.4, -0.2) is 25.7 Å². The second-order valence-corrected chi connectivity index (χ2v) is 4.27. The Hall–Kier alpha value is -1.88. The Morgan fingerprint density at radius 3 is 2.42 bits per heavy atom. The number of nitrogens with zero attached hydrogens (tertiary/aromatic N) is 1. The number of esters is 1. The van der Waals surface area contributed by atoms with Crippen molar-refractivity contribution < 1.29 is 27.4 Å². The van der Waals surface area contributed by atoms with E-state index in [0.717, 1.165) is 13.2 Å². The molecule has 1 rings (SSSR count). The van der Waals surface area contributed by atoms with Crippen LogP contribution in [0.15, 0.2) is 17.0 Å². The normalized spacial score (nSPS) is 10.7. The first-order valence-corrected chi connectivity index (χ1v) is 5.60. The minimum atomic E-state index is -4.58. The number of rotatable bonds is 3. The van der Waals surface area contributed by atoms with Crippen molar-refractivity contribution in [3.63, 3.8) is 0 Å². The van der Waals surface area contributed by atoms with Gasteiger partial charge in [0.1, 0.15) is 17.4 Å². The summed E-state index contributed by atoms with van der Waals surface area (Å²) in [7, 11) is 2.26. The number of benzene rings is 1. The highest BCUT2D eigenvalue weighted by atomic mass is 32.2. The number of alkyl halides is 3. The molecule has 0 aromatic heterocycles. The third-order valence-corrected chi connectivity index (χ3v) is 2.87. The Bertz CT molecular complexity index is 537. The molecule has 4 nitrogen and oxygen atoms in total. The fourth-order valence-electron chi connectivity index (χ4n) is 1.36. The molecule has 0 aliphatic carbocycles. The lowest BCUT2D eigenvalue weighted by Crippen LogP contribution is -2.10. The van der Waals surface area contributed by atoms with Crippen molar-refractivity contribution in [2.75, 3.05) is 14.2 Å². The number of hydrogen-bond donors (Lipinski definition) is 0. The average molecular weight is 291 g/mol. The van der Waals surface area contributed by atoms with Crippen molar-refractivity contribution >= 4 is 17.7 Å². The molecule has 0 atom stereocenters. The highest BCUT2D eigenvalue weighted by molar-refractivity contribution is 8.00. The summed E-state index contributed by atoms with van der Waals surface area (Å²) < 4.78 is 46.5. The molecule has 0 heterocycles. The molecule has 0 bridgehead atoms. The molecule has 0 radical (unpaired) electrons. The molecule has 102 valence electrons. The lowest BCUT2D eigenvalue weighted by atomic mass is 10.1. The number of thioether (sulfide) groups is 1. The largest absolute Gasteiger partial charge is 0.495 e. The van der Waals surface area contributed by atoms with E-state index in [1.165, 1.54) is 13.2 Å². The summed E-state index contributed by atoms with van der Waals surface area (Å²) in [5.41, 5.74) is -5.32. The number of hydrogen-bond acceptors (Lipinski definition) is 5. The predicted octanol–water partition coefficient (Wildman–Crippen LogP) is 2.97. The van der Waals surface area contributed by atoms with Crippen molar-refractivity contribution in [1.82, 2.24) is 0 Å². The summed E-state index contributed by atoms with van der Waals surface area (Å²) in [5.74, 6) is -1.02. The van der Waals surface area contributed by atoms with E-state index in [-0.39, 0.29) is 11.3 Å². The van der Waals surface area contributed by atoms with E-state index in [9.17, 15) is 18.0 Å². The monoisotopic (exact) mass is 291 g/mol. The van der Waals surface area contributed by atoms with Crippen LogP contribution < -0.4 is 4.74 Å². The summed E-state index contributed by atoms with van der Waals surface area (Å²) in [6.45, 7) is 0. The highest BCUT2D eigenvalue weighted by Gasteiger charge is 2.33. The average Bonchev–Trinajstić information content (AvgIpc) is 2.35. The van der Waals surface area contributed by atoms with Crippen molar-refractivity contribution in [2.45, 2.75) is 10.4 Å². The molecule has 0 N–H and O–H groups in total. The van der Waals surface area contributed by atoms with E-state index in [1.54, 1.807) is 6.07 Å². The third kappa shape index (κ3) is 3.54. The van der Waals surface area contributed by atoms with Crippen molar-refractivity contribution in [3.05, 3.63) is 23.3 Å². The molecule has 1 aromatic carbocycles. The molecule has 8 heteroatoms. The molecule has 1 aromatic rings. The van der Waals surface area contributed by atoms with Gasteiger partial charge in [0.2, 0.25) is 0 Å². The number of carbonyl (C=O) groups is 1. The molecule has 0 aliphatic rings. The third-order valence-electron chi connectivity index (χ3n) is 2.08. The molecule has 0 saturated heterocycles. The van der Waals surface area contributed by atoms with Gasteiger partial charge in [0.05, 0.1) is 19.8 Å². The first-order chi connectivity index (χ1) is 8.84. The van der Waals surface area contributed by atoms with Crippen LogP contribution in [0, 0.1) is 11.3 Å². The molecule has 0 saturated carbocycles. The Labute approximate surface area is 111 Å². The van der Waals surface area contributed by atoms with Gasteiger partial charge in [-0.2, -0.15) is 18.4 Å². The fraction of sp³-hybridized carbons (Fsp3) is 0.273. The van der Waals surface area contributed by atoms with Crippen molar-refractivity contribution in [2.24, 2.45) is 0 Å². The van der Waals surface area contributed by atoms with Crippen LogP contribution in [0.2, 0.25) is 0 Å². The van der Waals surface area contributed by atoms with Crippen molar-refractivity contribution in [3.8, 4) is 11.8 Å². The molecule has 0 fully saturated rings. The molecule has 0 amide bonds. The van der Waals surface area contributed by atoms with Gasteiger partial charge in [-0.05, 0) is 23.9 Å². The zero-order valence-electron chi connectivity index (χ0n) is 9.87. The summed E-state index contributed by atoms with van der Waals surface area (Å²) >= 11 is -0.488. The molecule has 0 spiro atoms. The minimum Gasteiger partial charge on any atom is -0.495 e.